The topological polar surface area (TPSA) is 101 Å². The fourth-order valence-corrected chi connectivity index (χ4v) is 5.65. The minimum Gasteiger partial charge on any atom is -0.293 e. The van der Waals surface area contributed by atoms with Crippen LogP contribution < -0.4 is 5.14 Å². The molecule has 2 N–H and O–H groups in total. The highest BCUT2D eigenvalue weighted by molar-refractivity contribution is 7.89. The molecule has 2 aliphatic rings. The van der Waals surface area contributed by atoms with Crippen molar-refractivity contribution in [3.63, 3.8) is 0 Å². The number of fused-ring (bicyclic) bond motifs is 1. The van der Waals surface area contributed by atoms with Crippen molar-refractivity contribution in [2.24, 2.45) is 5.14 Å². The van der Waals surface area contributed by atoms with Gasteiger partial charge in [-0.05, 0) is 41.8 Å². The van der Waals surface area contributed by atoms with Gasteiger partial charge in [-0.2, -0.15) is 4.31 Å². The smallest absolute Gasteiger partial charge is 0.243 e. The quantitative estimate of drug-likeness (QED) is 0.807. The summed E-state index contributed by atoms with van der Waals surface area (Å²) >= 11 is 0. The summed E-state index contributed by atoms with van der Waals surface area (Å²) in [5, 5.41) is 5.05. The van der Waals surface area contributed by atoms with Gasteiger partial charge in [-0.25, -0.2) is 22.0 Å². The van der Waals surface area contributed by atoms with E-state index in [1.807, 2.05) is 12.1 Å². The molecule has 2 heterocycles. The summed E-state index contributed by atoms with van der Waals surface area (Å²) in [6, 6.07) is 13.6. The third kappa shape index (κ3) is 3.53. The molecule has 0 spiro atoms. The van der Waals surface area contributed by atoms with E-state index in [1.165, 1.54) is 39.7 Å². The summed E-state index contributed by atoms with van der Waals surface area (Å²) in [6.45, 7) is 2.67. The SMILES string of the molecule is NS(=O)(=O)c1ccc(S(=O)(=O)N2CC(N3CCc4ccccc4C3)C2)cc1. The second-order valence-corrected chi connectivity index (χ2v) is 10.5. The van der Waals surface area contributed by atoms with Gasteiger partial charge >= 0.3 is 0 Å². The maximum Gasteiger partial charge on any atom is 0.243 e. The first-order chi connectivity index (χ1) is 12.7. The third-order valence-corrected chi connectivity index (χ3v) is 8.07. The highest BCUT2D eigenvalue weighted by Gasteiger charge is 2.40. The molecule has 144 valence electrons. The Morgan fingerprint density at radius 1 is 0.852 bits per heavy atom. The molecule has 2 aromatic carbocycles. The summed E-state index contributed by atoms with van der Waals surface area (Å²) in [5.74, 6) is 0. The van der Waals surface area contributed by atoms with Crippen molar-refractivity contribution < 1.29 is 16.8 Å². The van der Waals surface area contributed by atoms with E-state index in [2.05, 4.69) is 17.0 Å². The van der Waals surface area contributed by atoms with Gasteiger partial charge in [0.05, 0.1) is 9.79 Å². The first-order valence-electron chi connectivity index (χ1n) is 8.69. The fourth-order valence-electron chi connectivity index (χ4n) is 3.62. The minimum atomic E-state index is -3.84. The van der Waals surface area contributed by atoms with Crippen LogP contribution in [0.15, 0.2) is 58.3 Å². The number of hydrogen-bond donors (Lipinski definition) is 1. The molecule has 0 aromatic heterocycles. The predicted octanol–water partition coefficient (Wildman–Crippen LogP) is 0.765. The van der Waals surface area contributed by atoms with Crippen molar-refractivity contribution in [2.75, 3.05) is 19.6 Å². The Kier molecular flexibility index (Phi) is 4.59. The lowest BCUT2D eigenvalue weighted by Crippen LogP contribution is -2.61. The van der Waals surface area contributed by atoms with E-state index in [9.17, 15) is 16.8 Å². The fraction of sp³-hybridized carbons (Fsp3) is 0.333. The lowest BCUT2D eigenvalue weighted by molar-refractivity contribution is 0.0769. The maximum atomic E-state index is 12.7. The highest BCUT2D eigenvalue weighted by Crippen LogP contribution is 2.28. The molecule has 4 rings (SSSR count). The van der Waals surface area contributed by atoms with E-state index < -0.39 is 20.0 Å². The number of nitrogens with two attached hydrogens (primary N) is 1. The zero-order valence-corrected chi connectivity index (χ0v) is 16.3. The molecule has 7 nitrogen and oxygen atoms in total. The number of primary sulfonamides is 1. The summed E-state index contributed by atoms with van der Waals surface area (Å²) in [6.07, 6.45) is 0.981. The molecule has 0 amide bonds. The summed E-state index contributed by atoms with van der Waals surface area (Å²) in [7, 11) is -7.47. The largest absolute Gasteiger partial charge is 0.293 e. The number of nitrogens with zero attached hydrogens (tertiary/aromatic N) is 2. The van der Waals surface area contributed by atoms with Gasteiger partial charge in [-0.3, -0.25) is 4.90 Å². The third-order valence-electron chi connectivity index (χ3n) is 5.30. The van der Waals surface area contributed by atoms with E-state index in [4.69, 9.17) is 5.14 Å². The van der Waals surface area contributed by atoms with Crippen LogP contribution in [-0.2, 0) is 33.0 Å². The van der Waals surface area contributed by atoms with Crippen LogP contribution >= 0.6 is 0 Å². The first-order valence-corrected chi connectivity index (χ1v) is 11.7. The zero-order valence-electron chi connectivity index (χ0n) is 14.7. The number of hydrogen-bond acceptors (Lipinski definition) is 5. The number of rotatable bonds is 4. The molecule has 0 saturated carbocycles. The highest BCUT2D eigenvalue weighted by atomic mass is 32.2. The van der Waals surface area contributed by atoms with E-state index in [-0.39, 0.29) is 15.8 Å². The lowest BCUT2D eigenvalue weighted by atomic mass is 9.97. The van der Waals surface area contributed by atoms with Crippen LogP contribution in [0.25, 0.3) is 0 Å². The van der Waals surface area contributed by atoms with Crippen molar-refractivity contribution in [1.29, 1.82) is 0 Å². The Bertz CT molecular complexity index is 1060. The molecular weight excluding hydrogens is 386 g/mol. The minimum absolute atomic E-state index is 0.0809. The normalized spacial score (nSPS) is 19.4. The summed E-state index contributed by atoms with van der Waals surface area (Å²) in [5.41, 5.74) is 2.68. The summed E-state index contributed by atoms with van der Waals surface area (Å²) in [4.78, 5) is 2.31. The molecule has 1 saturated heterocycles. The number of benzene rings is 2. The van der Waals surface area contributed by atoms with E-state index in [1.54, 1.807) is 0 Å². The van der Waals surface area contributed by atoms with Crippen LogP contribution in [0.2, 0.25) is 0 Å². The molecule has 9 heteroatoms. The van der Waals surface area contributed by atoms with E-state index in [0.29, 0.717) is 13.1 Å². The molecule has 0 atom stereocenters. The Morgan fingerprint density at radius 2 is 1.44 bits per heavy atom. The van der Waals surface area contributed by atoms with Crippen molar-refractivity contribution in [3.05, 3.63) is 59.7 Å². The molecule has 0 unspecified atom stereocenters. The van der Waals surface area contributed by atoms with Crippen LogP contribution in [0.3, 0.4) is 0 Å². The lowest BCUT2D eigenvalue weighted by Gasteiger charge is -2.46. The molecular formula is C18H21N3O4S2. The number of sulfonamides is 2. The molecule has 0 aliphatic carbocycles. The maximum absolute atomic E-state index is 12.7. The molecule has 27 heavy (non-hydrogen) atoms. The second kappa shape index (κ2) is 6.68. The van der Waals surface area contributed by atoms with Crippen LogP contribution in [0, 0.1) is 0 Å². The molecule has 2 aromatic rings. The van der Waals surface area contributed by atoms with E-state index >= 15 is 0 Å². The predicted molar refractivity (Wildman–Crippen MR) is 101 cm³/mol. The zero-order chi connectivity index (χ0) is 19.2. The summed E-state index contributed by atoms with van der Waals surface area (Å²) < 4.78 is 49.5. The van der Waals surface area contributed by atoms with Gasteiger partial charge in [-0.15, -0.1) is 0 Å². The van der Waals surface area contributed by atoms with Gasteiger partial charge in [-0.1, -0.05) is 24.3 Å². The first kappa shape index (κ1) is 18.6. The molecule has 0 bridgehead atoms. The van der Waals surface area contributed by atoms with Crippen LogP contribution in [0.4, 0.5) is 0 Å². The van der Waals surface area contributed by atoms with Gasteiger partial charge in [0.15, 0.2) is 0 Å². The standard InChI is InChI=1S/C18H21N3O4S2/c19-26(22,23)17-5-7-18(8-6-17)27(24,25)21-12-16(13-21)20-10-9-14-3-1-2-4-15(14)11-20/h1-8,16H,9-13H2,(H2,19,22,23). The van der Waals surface area contributed by atoms with Gasteiger partial charge in [0.1, 0.15) is 0 Å². The van der Waals surface area contributed by atoms with Crippen molar-refractivity contribution in [3.8, 4) is 0 Å². The van der Waals surface area contributed by atoms with Crippen LogP contribution in [0.1, 0.15) is 11.1 Å². The van der Waals surface area contributed by atoms with Gasteiger partial charge in [0.2, 0.25) is 20.0 Å². The monoisotopic (exact) mass is 407 g/mol. The van der Waals surface area contributed by atoms with E-state index in [0.717, 1.165) is 19.5 Å². The average Bonchev–Trinajstić information content (AvgIpc) is 2.59. The Hall–Kier alpha value is -1.78. The van der Waals surface area contributed by atoms with Crippen molar-refractivity contribution >= 4 is 20.0 Å². The Labute approximate surface area is 159 Å². The van der Waals surface area contributed by atoms with Gasteiger partial charge < -0.3 is 0 Å². The molecule has 1 fully saturated rings. The average molecular weight is 408 g/mol. The second-order valence-electron chi connectivity index (χ2n) is 6.98. The Balaban J connectivity index is 1.43. The van der Waals surface area contributed by atoms with Gasteiger partial charge in [0, 0.05) is 32.2 Å². The van der Waals surface area contributed by atoms with Crippen molar-refractivity contribution in [2.45, 2.75) is 28.8 Å². The molecule has 2 aliphatic heterocycles. The van der Waals surface area contributed by atoms with Crippen molar-refractivity contribution in [1.82, 2.24) is 9.21 Å². The molecule has 0 radical (unpaired) electrons. The van der Waals surface area contributed by atoms with Gasteiger partial charge in [0.25, 0.3) is 0 Å². The Morgan fingerprint density at radius 3 is 2.07 bits per heavy atom. The van der Waals surface area contributed by atoms with Crippen LogP contribution in [-0.4, -0.2) is 51.7 Å². The van der Waals surface area contributed by atoms with Crippen LogP contribution in [0.5, 0.6) is 0 Å².